The van der Waals surface area contributed by atoms with E-state index in [4.69, 9.17) is 0 Å². The zero-order chi connectivity index (χ0) is 22.2. The fraction of sp³-hybridized carbons (Fsp3) is 0.0833. The molecule has 158 valence electrons. The third kappa shape index (κ3) is 4.14. The lowest BCUT2D eigenvalue weighted by molar-refractivity contribution is -0.137. The van der Waals surface area contributed by atoms with Crippen LogP contribution < -0.4 is 0 Å². The number of halogens is 3. The summed E-state index contributed by atoms with van der Waals surface area (Å²) in [5.41, 5.74) is 2.55. The van der Waals surface area contributed by atoms with E-state index in [1.165, 1.54) is 36.7 Å². The number of aromatic nitrogens is 1. The van der Waals surface area contributed by atoms with Gasteiger partial charge in [-0.25, -0.2) is 12.4 Å². The molecule has 0 amide bonds. The largest absolute Gasteiger partial charge is 0.416 e. The molecule has 0 bridgehead atoms. The van der Waals surface area contributed by atoms with Gasteiger partial charge < -0.3 is 0 Å². The summed E-state index contributed by atoms with van der Waals surface area (Å²) in [6.45, 7) is 1.86. The quantitative estimate of drug-likeness (QED) is 0.368. The minimum Gasteiger partial charge on any atom is -0.248 e. The molecule has 3 aromatic carbocycles. The highest BCUT2D eigenvalue weighted by Crippen LogP contribution is 2.36. The fourth-order valence-electron chi connectivity index (χ4n) is 3.32. The van der Waals surface area contributed by atoms with E-state index < -0.39 is 21.8 Å². The molecular weight excluding hydrogens is 423 g/mol. The third-order valence-electron chi connectivity index (χ3n) is 5.01. The van der Waals surface area contributed by atoms with Gasteiger partial charge in [0.2, 0.25) is 0 Å². The van der Waals surface area contributed by atoms with E-state index in [0.29, 0.717) is 16.7 Å². The third-order valence-corrected chi connectivity index (χ3v) is 6.64. The van der Waals surface area contributed by atoms with Crippen LogP contribution in [0.4, 0.5) is 13.2 Å². The van der Waals surface area contributed by atoms with Crippen molar-refractivity contribution in [2.45, 2.75) is 18.0 Å². The molecule has 4 aromatic rings. The van der Waals surface area contributed by atoms with Crippen molar-refractivity contribution in [2.24, 2.45) is 0 Å². The summed E-state index contributed by atoms with van der Waals surface area (Å²) in [5.74, 6) is 0. The van der Waals surface area contributed by atoms with Crippen LogP contribution in [-0.2, 0) is 16.2 Å². The number of benzene rings is 3. The summed E-state index contributed by atoms with van der Waals surface area (Å²) >= 11 is 0. The summed E-state index contributed by atoms with van der Waals surface area (Å²) in [4.78, 5) is 0.131. The summed E-state index contributed by atoms with van der Waals surface area (Å²) in [6, 6.07) is 20.3. The normalized spacial score (nSPS) is 12.1. The van der Waals surface area contributed by atoms with Crippen molar-refractivity contribution in [3.05, 3.63) is 102 Å². The Kier molecular flexibility index (Phi) is 5.23. The molecule has 0 aliphatic heterocycles. The van der Waals surface area contributed by atoms with Gasteiger partial charge in [0.05, 0.1) is 10.5 Å². The Bertz CT molecular complexity index is 1310. The van der Waals surface area contributed by atoms with E-state index in [1.54, 1.807) is 12.1 Å². The van der Waals surface area contributed by atoms with Crippen LogP contribution in [0.5, 0.6) is 0 Å². The maximum atomic E-state index is 13.2. The van der Waals surface area contributed by atoms with Crippen LogP contribution in [0.25, 0.3) is 22.3 Å². The molecule has 31 heavy (non-hydrogen) atoms. The average Bonchev–Trinajstić information content (AvgIpc) is 3.21. The lowest BCUT2D eigenvalue weighted by Gasteiger charge is -2.08. The van der Waals surface area contributed by atoms with Crippen LogP contribution in [0.2, 0.25) is 0 Å². The maximum Gasteiger partial charge on any atom is 0.416 e. The zero-order valence-corrected chi connectivity index (χ0v) is 17.3. The average molecular weight is 441 g/mol. The van der Waals surface area contributed by atoms with Crippen molar-refractivity contribution < 1.29 is 21.6 Å². The molecule has 1 aromatic heterocycles. The number of nitrogens with zero attached hydrogens (tertiary/aromatic N) is 1. The number of alkyl halides is 3. The summed E-state index contributed by atoms with van der Waals surface area (Å²) in [5, 5.41) is 0. The van der Waals surface area contributed by atoms with Gasteiger partial charge in [0.15, 0.2) is 0 Å². The second kappa shape index (κ2) is 7.74. The molecule has 0 radical (unpaired) electrons. The van der Waals surface area contributed by atoms with E-state index in [0.717, 1.165) is 27.2 Å². The van der Waals surface area contributed by atoms with Crippen LogP contribution >= 0.6 is 0 Å². The van der Waals surface area contributed by atoms with E-state index in [9.17, 15) is 21.6 Å². The van der Waals surface area contributed by atoms with Gasteiger partial charge in [-0.1, -0.05) is 60.2 Å². The highest BCUT2D eigenvalue weighted by atomic mass is 32.2. The first kappa shape index (κ1) is 20.9. The molecule has 0 atom stereocenters. The number of aryl methyl sites for hydroxylation is 1. The first-order valence-electron chi connectivity index (χ1n) is 9.43. The Labute approximate surface area is 178 Å². The van der Waals surface area contributed by atoms with Crippen LogP contribution in [0.1, 0.15) is 11.1 Å². The number of rotatable bonds is 4. The van der Waals surface area contributed by atoms with Crippen LogP contribution in [0, 0.1) is 6.92 Å². The lowest BCUT2D eigenvalue weighted by Crippen LogP contribution is -2.10. The number of hydrogen-bond acceptors (Lipinski definition) is 2. The highest BCUT2D eigenvalue weighted by molar-refractivity contribution is 7.90. The number of hydrogen-bond donors (Lipinski definition) is 0. The molecule has 0 spiro atoms. The zero-order valence-electron chi connectivity index (χ0n) is 16.5. The molecule has 0 fully saturated rings. The topological polar surface area (TPSA) is 39.1 Å². The van der Waals surface area contributed by atoms with Crippen molar-refractivity contribution in [3.63, 3.8) is 0 Å². The van der Waals surface area contributed by atoms with E-state index >= 15 is 0 Å². The summed E-state index contributed by atoms with van der Waals surface area (Å²) < 4.78 is 66.3. The monoisotopic (exact) mass is 441 g/mol. The van der Waals surface area contributed by atoms with Gasteiger partial charge in [-0.05, 0) is 42.3 Å². The van der Waals surface area contributed by atoms with E-state index in [1.807, 2.05) is 37.3 Å². The first-order chi connectivity index (χ1) is 14.7. The predicted octanol–water partition coefficient (Wildman–Crippen LogP) is 6.39. The Morgan fingerprint density at radius 3 is 1.74 bits per heavy atom. The molecule has 4 rings (SSSR count). The van der Waals surface area contributed by atoms with Crippen molar-refractivity contribution >= 4 is 10.0 Å². The first-order valence-corrected chi connectivity index (χ1v) is 10.9. The smallest absolute Gasteiger partial charge is 0.248 e. The minimum absolute atomic E-state index is 0.131. The molecule has 7 heteroatoms. The Morgan fingerprint density at radius 2 is 1.23 bits per heavy atom. The lowest BCUT2D eigenvalue weighted by atomic mass is 9.98. The van der Waals surface area contributed by atoms with Gasteiger partial charge in [0.25, 0.3) is 10.0 Å². The van der Waals surface area contributed by atoms with Crippen molar-refractivity contribution in [1.29, 1.82) is 0 Å². The molecule has 3 nitrogen and oxygen atoms in total. The highest BCUT2D eigenvalue weighted by Gasteiger charge is 2.30. The Balaban J connectivity index is 1.87. The molecule has 0 N–H and O–H groups in total. The van der Waals surface area contributed by atoms with Crippen molar-refractivity contribution in [3.8, 4) is 22.3 Å². The van der Waals surface area contributed by atoms with Gasteiger partial charge in [0.1, 0.15) is 0 Å². The van der Waals surface area contributed by atoms with Crippen molar-refractivity contribution in [1.82, 2.24) is 3.97 Å². The van der Waals surface area contributed by atoms with Gasteiger partial charge >= 0.3 is 6.18 Å². The van der Waals surface area contributed by atoms with Gasteiger partial charge in [-0.15, -0.1) is 0 Å². The molecule has 0 saturated heterocycles. The van der Waals surface area contributed by atoms with E-state index in [2.05, 4.69) is 0 Å². The summed E-state index contributed by atoms with van der Waals surface area (Å²) in [6.07, 6.45) is -1.50. The minimum atomic E-state index is -4.44. The molecule has 1 heterocycles. The fourth-order valence-corrected chi connectivity index (χ4v) is 4.53. The van der Waals surface area contributed by atoms with Crippen LogP contribution in [0.15, 0.2) is 96.2 Å². The van der Waals surface area contributed by atoms with Gasteiger partial charge in [-0.2, -0.15) is 13.2 Å². The standard InChI is InChI=1S/C24H18F3NO2S/c1-17-7-13-21(14-8-17)31(29,30)28-15-22(18-5-3-2-4-6-18)23(16-28)19-9-11-20(12-10-19)24(25,26)27/h2-16H,1H3. The van der Waals surface area contributed by atoms with Gasteiger partial charge in [0, 0.05) is 23.5 Å². The maximum absolute atomic E-state index is 13.2. The second-order valence-electron chi connectivity index (χ2n) is 7.17. The Hall–Kier alpha value is -3.32. The van der Waals surface area contributed by atoms with Gasteiger partial charge in [-0.3, -0.25) is 0 Å². The molecule has 0 saturated carbocycles. The molecule has 0 aliphatic rings. The molecule has 0 aliphatic carbocycles. The predicted molar refractivity (Wildman–Crippen MR) is 114 cm³/mol. The molecule has 0 unspecified atom stereocenters. The van der Waals surface area contributed by atoms with Crippen LogP contribution in [-0.4, -0.2) is 12.4 Å². The van der Waals surface area contributed by atoms with Crippen LogP contribution in [0.3, 0.4) is 0 Å². The second-order valence-corrected chi connectivity index (χ2v) is 9.02. The van der Waals surface area contributed by atoms with E-state index in [-0.39, 0.29) is 4.90 Å². The molecular formula is C24H18F3NO2S. The Morgan fingerprint density at radius 1 is 0.710 bits per heavy atom. The van der Waals surface area contributed by atoms with Crippen molar-refractivity contribution in [2.75, 3.05) is 0 Å². The summed E-state index contributed by atoms with van der Waals surface area (Å²) in [7, 11) is -3.87. The SMILES string of the molecule is Cc1ccc(S(=O)(=O)n2cc(-c3ccccc3)c(-c3ccc(C(F)(F)F)cc3)c2)cc1.